The number of carbonyl (C=O) groups is 1. The number of nitrogens with one attached hydrogen (secondary N) is 1. The Hall–Kier alpha value is -1.30. The summed E-state index contributed by atoms with van der Waals surface area (Å²) in [7, 11) is 1.30. The fourth-order valence-electron chi connectivity index (χ4n) is 0.870. The van der Waals surface area contributed by atoms with Gasteiger partial charge in [-0.2, -0.15) is 0 Å². The van der Waals surface area contributed by atoms with Gasteiger partial charge >= 0.3 is 5.97 Å². The van der Waals surface area contributed by atoms with E-state index in [4.69, 9.17) is 9.84 Å². The maximum absolute atomic E-state index is 11.1. The Morgan fingerprint density at radius 2 is 2.31 bits per heavy atom. The summed E-state index contributed by atoms with van der Waals surface area (Å²) in [5.74, 6) is -1.28. The van der Waals surface area contributed by atoms with Crippen molar-refractivity contribution in [2.24, 2.45) is 0 Å². The largest absolute Gasteiger partial charge is 0.496 e. The molecule has 0 saturated carbocycles. The van der Waals surface area contributed by atoms with Crippen molar-refractivity contribution < 1.29 is 14.6 Å². The van der Waals surface area contributed by atoms with Gasteiger partial charge in [-0.25, -0.2) is 4.79 Å². The minimum absolute atomic E-state index is 0.0307. The zero-order valence-corrected chi connectivity index (χ0v) is 8.21. The van der Waals surface area contributed by atoms with Gasteiger partial charge in [-0.3, -0.25) is 4.79 Å². The Morgan fingerprint density at radius 1 is 1.69 bits per heavy atom. The predicted octanol–water partition coefficient (Wildman–Crippen LogP) is 0.844. The standard InChI is InChI=1S/C7H6BrNO4/c1-13-3-2-4(8)9-6(10)5(3)7(11)12/h2H,1H3,(H,9,10)(H,11,12). The number of aromatic carboxylic acids is 1. The van der Waals surface area contributed by atoms with E-state index >= 15 is 0 Å². The number of pyridine rings is 1. The van der Waals surface area contributed by atoms with E-state index in [1.807, 2.05) is 0 Å². The lowest BCUT2D eigenvalue weighted by molar-refractivity contribution is 0.0691. The molecule has 1 rings (SSSR count). The molecule has 70 valence electrons. The van der Waals surface area contributed by atoms with Crippen molar-refractivity contribution in [3.05, 3.63) is 26.6 Å². The maximum atomic E-state index is 11.1. The summed E-state index contributed by atoms with van der Waals surface area (Å²) in [6.07, 6.45) is 0. The average molecular weight is 248 g/mol. The number of hydrogen-bond donors (Lipinski definition) is 2. The van der Waals surface area contributed by atoms with Crippen LogP contribution < -0.4 is 10.3 Å². The molecule has 0 radical (unpaired) electrons. The molecule has 1 aromatic heterocycles. The molecule has 6 heteroatoms. The van der Waals surface area contributed by atoms with Crippen LogP contribution in [0.4, 0.5) is 0 Å². The molecule has 0 saturated heterocycles. The smallest absolute Gasteiger partial charge is 0.345 e. The van der Waals surface area contributed by atoms with Crippen LogP contribution in [0, 0.1) is 0 Å². The molecule has 5 nitrogen and oxygen atoms in total. The van der Waals surface area contributed by atoms with Crippen molar-refractivity contribution in [3.63, 3.8) is 0 Å². The average Bonchev–Trinajstić information content (AvgIpc) is 2.01. The van der Waals surface area contributed by atoms with Gasteiger partial charge in [-0.05, 0) is 15.9 Å². The van der Waals surface area contributed by atoms with Crippen LogP contribution in [0.5, 0.6) is 5.75 Å². The molecule has 0 atom stereocenters. The number of rotatable bonds is 2. The number of ether oxygens (including phenoxy) is 1. The SMILES string of the molecule is COc1cc(Br)[nH]c(=O)c1C(=O)O. The molecule has 13 heavy (non-hydrogen) atoms. The Morgan fingerprint density at radius 3 is 2.77 bits per heavy atom. The number of halogens is 1. The van der Waals surface area contributed by atoms with E-state index in [1.165, 1.54) is 13.2 Å². The summed E-state index contributed by atoms with van der Waals surface area (Å²) in [5, 5.41) is 8.65. The predicted molar refractivity (Wildman–Crippen MR) is 48.3 cm³/mol. The normalized spacial score (nSPS) is 9.69. The molecule has 2 N–H and O–H groups in total. The molecule has 0 aliphatic rings. The number of carboxylic acids is 1. The minimum Gasteiger partial charge on any atom is -0.496 e. The van der Waals surface area contributed by atoms with Gasteiger partial charge in [0.2, 0.25) is 0 Å². The molecule has 0 bridgehead atoms. The molecular formula is C7H6BrNO4. The number of aromatic nitrogens is 1. The molecule has 1 heterocycles. The molecule has 0 aromatic carbocycles. The van der Waals surface area contributed by atoms with Crippen LogP contribution in [0.2, 0.25) is 0 Å². The van der Waals surface area contributed by atoms with Crippen molar-refractivity contribution in [3.8, 4) is 5.75 Å². The second-order valence-corrected chi connectivity index (χ2v) is 3.05. The van der Waals surface area contributed by atoms with Crippen LogP contribution in [0.1, 0.15) is 10.4 Å². The lowest BCUT2D eigenvalue weighted by atomic mass is 10.2. The molecule has 0 amide bonds. The van der Waals surface area contributed by atoms with Crippen molar-refractivity contribution in [1.29, 1.82) is 0 Å². The van der Waals surface area contributed by atoms with Crippen molar-refractivity contribution in [1.82, 2.24) is 4.98 Å². The van der Waals surface area contributed by atoms with E-state index in [1.54, 1.807) is 0 Å². The number of carboxylic acid groups (broad SMARTS) is 1. The second-order valence-electron chi connectivity index (χ2n) is 2.19. The molecular weight excluding hydrogens is 242 g/mol. The summed E-state index contributed by atoms with van der Waals surface area (Å²) < 4.78 is 5.11. The zero-order valence-electron chi connectivity index (χ0n) is 6.63. The van der Waals surface area contributed by atoms with Gasteiger partial charge in [0.15, 0.2) is 5.56 Å². The molecule has 0 fully saturated rings. The number of aromatic amines is 1. The second kappa shape index (κ2) is 3.61. The van der Waals surface area contributed by atoms with Gasteiger partial charge in [0.1, 0.15) is 5.75 Å². The highest BCUT2D eigenvalue weighted by molar-refractivity contribution is 9.10. The lowest BCUT2D eigenvalue weighted by Gasteiger charge is -2.03. The van der Waals surface area contributed by atoms with Crippen LogP contribution in [0.25, 0.3) is 0 Å². The van der Waals surface area contributed by atoms with E-state index in [2.05, 4.69) is 20.9 Å². The van der Waals surface area contributed by atoms with E-state index in [0.717, 1.165) is 0 Å². The van der Waals surface area contributed by atoms with E-state index in [0.29, 0.717) is 4.60 Å². The topological polar surface area (TPSA) is 79.4 Å². The number of methoxy groups -OCH3 is 1. The summed E-state index contributed by atoms with van der Waals surface area (Å²) in [4.78, 5) is 24.0. The monoisotopic (exact) mass is 247 g/mol. The Balaban J connectivity index is 3.48. The quantitative estimate of drug-likeness (QED) is 0.760. The van der Waals surface area contributed by atoms with Crippen LogP contribution >= 0.6 is 15.9 Å². The first-order valence-electron chi connectivity index (χ1n) is 3.26. The zero-order chi connectivity index (χ0) is 10.0. The van der Waals surface area contributed by atoms with Gasteiger partial charge in [0.25, 0.3) is 5.56 Å². The van der Waals surface area contributed by atoms with Crippen molar-refractivity contribution in [2.75, 3.05) is 7.11 Å². The highest BCUT2D eigenvalue weighted by atomic mass is 79.9. The van der Waals surface area contributed by atoms with Crippen LogP contribution in [0.3, 0.4) is 0 Å². The Labute approximate surface area is 81.5 Å². The third kappa shape index (κ3) is 1.89. The molecule has 0 spiro atoms. The third-order valence-corrected chi connectivity index (χ3v) is 1.83. The highest BCUT2D eigenvalue weighted by Gasteiger charge is 2.16. The van der Waals surface area contributed by atoms with Gasteiger partial charge in [0, 0.05) is 6.07 Å². The van der Waals surface area contributed by atoms with Crippen LogP contribution in [-0.2, 0) is 0 Å². The summed E-state index contributed by atoms with van der Waals surface area (Å²) >= 11 is 3.01. The van der Waals surface area contributed by atoms with Crippen molar-refractivity contribution >= 4 is 21.9 Å². The molecule has 0 aliphatic heterocycles. The van der Waals surface area contributed by atoms with E-state index in [-0.39, 0.29) is 5.75 Å². The van der Waals surface area contributed by atoms with E-state index in [9.17, 15) is 9.59 Å². The van der Waals surface area contributed by atoms with Crippen LogP contribution in [0.15, 0.2) is 15.5 Å². The Bertz CT molecular complexity index is 398. The fourth-order valence-corrected chi connectivity index (χ4v) is 1.26. The first kappa shape index (κ1) is 9.79. The summed E-state index contributed by atoms with van der Waals surface area (Å²) in [6, 6.07) is 1.38. The molecule has 1 aromatic rings. The Kier molecular flexibility index (Phi) is 2.72. The van der Waals surface area contributed by atoms with E-state index < -0.39 is 17.1 Å². The first-order valence-corrected chi connectivity index (χ1v) is 4.05. The molecule has 0 unspecified atom stereocenters. The van der Waals surface area contributed by atoms with Gasteiger partial charge < -0.3 is 14.8 Å². The van der Waals surface area contributed by atoms with Gasteiger partial charge in [0.05, 0.1) is 11.7 Å². The summed E-state index contributed by atoms with van der Waals surface area (Å²) in [5.41, 5.74) is -1.09. The first-order chi connectivity index (χ1) is 6.06. The fraction of sp³-hybridized carbons (Fsp3) is 0.143. The number of H-pyrrole nitrogens is 1. The van der Waals surface area contributed by atoms with Gasteiger partial charge in [-0.1, -0.05) is 0 Å². The molecule has 0 aliphatic carbocycles. The lowest BCUT2D eigenvalue weighted by Crippen LogP contribution is -2.18. The van der Waals surface area contributed by atoms with Gasteiger partial charge in [-0.15, -0.1) is 0 Å². The van der Waals surface area contributed by atoms with Crippen LogP contribution in [-0.4, -0.2) is 23.2 Å². The highest BCUT2D eigenvalue weighted by Crippen LogP contribution is 2.17. The summed E-state index contributed by atoms with van der Waals surface area (Å²) in [6.45, 7) is 0. The minimum atomic E-state index is -1.31. The third-order valence-electron chi connectivity index (χ3n) is 1.40. The maximum Gasteiger partial charge on any atom is 0.345 e. The number of hydrogen-bond acceptors (Lipinski definition) is 3. The van der Waals surface area contributed by atoms with Crippen molar-refractivity contribution in [2.45, 2.75) is 0 Å².